The van der Waals surface area contributed by atoms with E-state index in [1.807, 2.05) is 54.9 Å². The summed E-state index contributed by atoms with van der Waals surface area (Å²) in [6.45, 7) is 0. The highest BCUT2D eigenvalue weighted by Crippen LogP contribution is 2.24. The Morgan fingerprint density at radius 2 is 1.73 bits per heavy atom. The second kappa shape index (κ2) is 5.29. The summed E-state index contributed by atoms with van der Waals surface area (Å²) in [7, 11) is 0. The lowest BCUT2D eigenvalue weighted by molar-refractivity contribution is 1.09. The normalized spacial score (nSPS) is 10.7. The summed E-state index contributed by atoms with van der Waals surface area (Å²) in [5, 5.41) is 6.80. The van der Waals surface area contributed by atoms with E-state index in [1.54, 1.807) is 12.4 Å². The topological polar surface area (TPSA) is 70.2 Å². The van der Waals surface area contributed by atoms with Crippen molar-refractivity contribution in [1.82, 2.24) is 25.1 Å². The van der Waals surface area contributed by atoms with E-state index < -0.39 is 0 Å². The van der Waals surface area contributed by atoms with Crippen LogP contribution in [0.1, 0.15) is 0 Å². The van der Waals surface area contributed by atoms with Gasteiger partial charge in [0.25, 0.3) is 0 Å². The molecule has 0 amide bonds. The third-order valence-electron chi connectivity index (χ3n) is 3.49. The molecule has 0 radical (unpaired) electrons. The average molecular weight is 287 g/mol. The van der Waals surface area contributed by atoms with Crippen molar-refractivity contribution in [3.63, 3.8) is 0 Å². The number of aromatic amines is 2. The second-order valence-electron chi connectivity index (χ2n) is 4.93. The van der Waals surface area contributed by atoms with Gasteiger partial charge >= 0.3 is 0 Å². The number of rotatable bonds is 3. The molecule has 0 aliphatic heterocycles. The lowest BCUT2D eigenvalue weighted by Gasteiger charge is -2.00. The Morgan fingerprint density at radius 1 is 0.818 bits per heavy atom. The molecule has 1 aromatic carbocycles. The summed E-state index contributed by atoms with van der Waals surface area (Å²) in [5.41, 5.74) is 4.97. The van der Waals surface area contributed by atoms with Crippen LogP contribution in [-0.4, -0.2) is 25.1 Å². The molecule has 0 bridgehead atoms. The van der Waals surface area contributed by atoms with E-state index in [0.29, 0.717) is 0 Å². The predicted molar refractivity (Wildman–Crippen MR) is 84.8 cm³/mol. The minimum absolute atomic E-state index is 0.754. The molecular formula is C17H13N5. The molecule has 0 aliphatic rings. The standard InChI is InChI=1S/C17H13N5/c1-2-4-12(5-3-1)16-11-19-17(22-16)15-8-13(6-7-18-15)14-9-20-21-10-14/h1-11H,(H,19,22)(H,20,21). The molecule has 3 aromatic heterocycles. The zero-order valence-electron chi connectivity index (χ0n) is 11.7. The number of hydrogen-bond acceptors (Lipinski definition) is 3. The molecule has 0 saturated heterocycles. The van der Waals surface area contributed by atoms with Gasteiger partial charge in [-0.2, -0.15) is 5.10 Å². The van der Waals surface area contributed by atoms with Gasteiger partial charge in [0.15, 0.2) is 5.82 Å². The molecule has 0 aliphatic carbocycles. The van der Waals surface area contributed by atoms with Crippen molar-refractivity contribution in [3.05, 3.63) is 67.3 Å². The minimum atomic E-state index is 0.754. The van der Waals surface area contributed by atoms with Crippen LogP contribution in [0.5, 0.6) is 0 Å². The van der Waals surface area contributed by atoms with E-state index >= 15 is 0 Å². The van der Waals surface area contributed by atoms with E-state index in [1.165, 1.54) is 0 Å². The summed E-state index contributed by atoms with van der Waals surface area (Å²) in [5.74, 6) is 0.754. The van der Waals surface area contributed by atoms with Gasteiger partial charge in [0, 0.05) is 18.0 Å². The van der Waals surface area contributed by atoms with Crippen LogP contribution in [0.15, 0.2) is 67.3 Å². The maximum Gasteiger partial charge on any atom is 0.156 e. The summed E-state index contributed by atoms with van der Waals surface area (Å²) in [6, 6.07) is 14.1. The molecule has 4 aromatic rings. The van der Waals surface area contributed by atoms with Gasteiger partial charge < -0.3 is 4.98 Å². The Bertz CT molecular complexity index is 878. The molecule has 5 nitrogen and oxygen atoms in total. The van der Waals surface area contributed by atoms with Crippen LogP contribution in [0.4, 0.5) is 0 Å². The third-order valence-corrected chi connectivity index (χ3v) is 3.49. The molecule has 0 atom stereocenters. The van der Waals surface area contributed by atoms with Crippen LogP contribution in [0.25, 0.3) is 33.9 Å². The molecule has 3 heterocycles. The number of H-pyrrole nitrogens is 2. The highest BCUT2D eigenvalue weighted by Gasteiger charge is 2.08. The maximum atomic E-state index is 4.44. The van der Waals surface area contributed by atoms with E-state index in [2.05, 4.69) is 25.1 Å². The predicted octanol–water partition coefficient (Wildman–Crippen LogP) is 3.53. The van der Waals surface area contributed by atoms with Crippen molar-refractivity contribution in [3.8, 4) is 33.9 Å². The Morgan fingerprint density at radius 3 is 2.55 bits per heavy atom. The number of aromatic nitrogens is 5. The first kappa shape index (κ1) is 12.5. The Balaban J connectivity index is 1.71. The summed E-state index contributed by atoms with van der Waals surface area (Å²) in [4.78, 5) is 12.2. The Labute approximate surface area is 127 Å². The van der Waals surface area contributed by atoms with Gasteiger partial charge in [0.1, 0.15) is 5.69 Å². The number of hydrogen-bond donors (Lipinski definition) is 2. The summed E-state index contributed by atoms with van der Waals surface area (Å²) >= 11 is 0. The Hall–Kier alpha value is -3.21. The van der Waals surface area contributed by atoms with Crippen molar-refractivity contribution in [2.75, 3.05) is 0 Å². The van der Waals surface area contributed by atoms with Gasteiger partial charge in [-0.3, -0.25) is 10.1 Å². The number of pyridine rings is 1. The van der Waals surface area contributed by atoms with Crippen LogP contribution < -0.4 is 0 Å². The van der Waals surface area contributed by atoms with Gasteiger partial charge in [-0.1, -0.05) is 30.3 Å². The lowest BCUT2D eigenvalue weighted by Crippen LogP contribution is -1.87. The number of imidazole rings is 1. The van der Waals surface area contributed by atoms with E-state index in [4.69, 9.17) is 0 Å². The van der Waals surface area contributed by atoms with Crippen LogP contribution in [0, 0.1) is 0 Å². The zero-order valence-corrected chi connectivity index (χ0v) is 11.7. The first-order chi connectivity index (χ1) is 10.9. The monoisotopic (exact) mass is 287 g/mol. The van der Waals surface area contributed by atoms with Crippen LogP contribution >= 0.6 is 0 Å². The van der Waals surface area contributed by atoms with Crippen LogP contribution in [0.3, 0.4) is 0 Å². The molecular weight excluding hydrogens is 274 g/mol. The van der Waals surface area contributed by atoms with E-state index in [0.717, 1.165) is 33.9 Å². The first-order valence-corrected chi connectivity index (χ1v) is 6.96. The Kier molecular flexibility index (Phi) is 3.01. The molecule has 0 unspecified atom stereocenters. The molecule has 4 rings (SSSR count). The average Bonchev–Trinajstić information content (AvgIpc) is 3.28. The largest absolute Gasteiger partial charge is 0.337 e. The van der Waals surface area contributed by atoms with Crippen molar-refractivity contribution < 1.29 is 0 Å². The van der Waals surface area contributed by atoms with Crippen LogP contribution in [-0.2, 0) is 0 Å². The maximum absolute atomic E-state index is 4.44. The molecule has 106 valence electrons. The second-order valence-corrected chi connectivity index (χ2v) is 4.93. The fourth-order valence-corrected chi connectivity index (χ4v) is 2.36. The van der Waals surface area contributed by atoms with Gasteiger partial charge in [0.2, 0.25) is 0 Å². The minimum Gasteiger partial charge on any atom is -0.337 e. The van der Waals surface area contributed by atoms with Gasteiger partial charge in [-0.05, 0) is 23.3 Å². The smallest absolute Gasteiger partial charge is 0.156 e. The highest BCUT2D eigenvalue weighted by molar-refractivity contribution is 5.68. The molecule has 5 heteroatoms. The summed E-state index contributed by atoms with van der Waals surface area (Å²) < 4.78 is 0. The van der Waals surface area contributed by atoms with Crippen molar-refractivity contribution in [1.29, 1.82) is 0 Å². The number of benzene rings is 1. The molecule has 0 fully saturated rings. The third kappa shape index (κ3) is 2.29. The zero-order chi connectivity index (χ0) is 14.8. The van der Waals surface area contributed by atoms with Gasteiger partial charge in [0.05, 0.1) is 18.1 Å². The fraction of sp³-hybridized carbons (Fsp3) is 0. The molecule has 0 spiro atoms. The van der Waals surface area contributed by atoms with Crippen LogP contribution in [0.2, 0.25) is 0 Å². The first-order valence-electron chi connectivity index (χ1n) is 6.96. The molecule has 0 saturated carbocycles. The van der Waals surface area contributed by atoms with Crippen molar-refractivity contribution >= 4 is 0 Å². The SMILES string of the molecule is c1ccc(-c2cnc(-c3cc(-c4cn[nH]c4)ccn3)[nH]2)cc1. The lowest BCUT2D eigenvalue weighted by atomic mass is 10.1. The highest BCUT2D eigenvalue weighted by atomic mass is 15.1. The number of nitrogens with one attached hydrogen (secondary N) is 2. The van der Waals surface area contributed by atoms with Gasteiger partial charge in [-0.25, -0.2) is 4.98 Å². The molecule has 22 heavy (non-hydrogen) atoms. The quantitative estimate of drug-likeness (QED) is 0.605. The van der Waals surface area contributed by atoms with E-state index in [9.17, 15) is 0 Å². The van der Waals surface area contributed by atoms with Crippen molar-refractivity contribution in [2.45, 2.75) is 0 Å². The molecule has 2 N–H and O–H groups in total. The number of nitrogens with zero attached hydrogens (tertiary/aromatic N) is 3. The summed E-state index contributed by atoms with van der Waals surface area (Å²) in [6.07, 6.45) is 7.26. The van der Waals surface area contributed by atoms with Gasteiger partial charge in [-0.15, -0.1) is 0 Å². The van der Waals surface area contributed by atoms with Crippen molar-refractivity contribution in [2.24, 2.45) is 0 Å². The fourth-order valence-electron chi connectivity index (χ4n) is 2.36. The van der Waals surface area contributed by atoms with E-state index in [-0.39, 0.29) is 0 Å².